The molecule has 0 fully saturated rings. The number of nitrogens with one attached hydrogen (secondary N) is 2. The first-order chi connectivity index (χ1) is 8.40. The number of aromatic carboxylic acids is 1. The molecule has 0 aliphatic rings. The van der Waals surface area contributed by atoms with E-state index >= 15 is 0 Å². The standard InChI is InChI=1S/C10H11N3O5/c11-8(15)4-12-10(18)13-7-2-1-5(14)3-6(7)9(16)17/h1-3,14H,4H2,(H2,11,15)(H,16,17)(H2,12,13,18). The summed E-state index contributed by atoms with van der Waals surface area (Å²) in [5.74, 6) is -2.28. The second-order valence-corrected chi connectivity index (χ2v) is 3.31. The average Bonchev–Trinajstić information content (AvgIpc) is 2.28. The van der Waals surface area contributed by atoms with Crippen molar-refractivity contribution >= 4 is 23.6 Å². The highest BCUT2D eigenvalue weighted by Crippen LogP contribution is 2.21. The molecule has 0 saturated carbocycles. The number of phenols is 1. The van der Waals surface area contributed by atoms with E-state index in [2.05, 4.69) is 10.6 Å². The number of hydrogen-bond donors (Lipinski definition) is 5. The van der Waals surface area contributed by atoms with Crippen LogP contribution in [0.2, 0.25) is 0 Å². The van der Waals surface area contributed by atoms with Crippen molar-refractivity contribution in [2.24, 2.45) is 5.73 Å². The van der Waals surface area contributed by atoms with Gasteiger partial charge in [-0.15, -0.1) is 0 Å². The Bertz CT molecular complexity index is 500. The van der Waals surface area contributed by atoms with Gasteiger partial charge in [-0.25, -0.2) is 9.59 Å². The normalized spacial score (nSPS) is 9.56. The molecular formula is C10H11N3O5. The molecule has 1 aromatic carbocycles. The smallest absolute Gasteiger partial charge is 0.337 e. The molecule has 18 heavy (non-hydrogen) atoms. The number of carbonyl (C=O) groups excluding carboxylic acids is 2. The van der Waals surface area contributed by atoms with Gasteiger partial charge in [-0.3, -0.25) is 4.79 Å². The van der Waals surface area contributed by atoms with Crippen LogP contribution in [0.4, 0.5) is 10.5 Å². The highest BCUT2D eigenvalue weighted by atomic mass is 16.4. The number of nitrogens with two attached hydrogens (primary N) is 1. The Hall–Kier alpha value is -2.77. The van der Waals surface area contributed by atoms with Crippen molar-refractivity contribution in [3.63, 3.8) is 0 Å². The first-order valence-corrected chi connectivity index (χ1v) is 4.79. The molecule has 1 rings (SSSR count). The number of aromatic hydroxyl groups is 1. The van der Waals surface area contributed by atoms with Gasteiger partial charge in [0.2, 0.25) is 5.91 Å². The predicted molar refractivity (Wildman–Crippen MR) is 61.3 cm³/mol. The minimum absolute atomic E-state index is 0.0118. The van der Waals surface area contributed by atoms with Gasteiger partial charge >= 0.3 is 12.0 Å². The molecule has 6 N–H and O–H groups in total. The zero-order valence-electron chi connectivity index (χ0n) is 9.14. The molecular weight excluding hydrogens is 242 g/mol. The van der Waals surface area contributed by atoms with Gasteiger partial charge in [-0.05, 0) is 18.2 Å². The maximum absolute atomic E-state index is 11.3. The Balaban J connectivity index is 2.81. The minimum atomic E-state index is -1.31. The van der Waals surface area contributed by atoms with Crippen molar-refractivity contribution in [3.05, 3.63) is 23.8 Å². The maximum Gasteiger partial charge on any atom is 0.337 e. The third-order valence-corrected chi connectivity index (χ3v) is 1.90. The van der Waals surface area contributed by atoms with Gasteiger partial charge in [0.05, 0.1) is 17.8 Å². The lowest BCUT2D eigenvalue weighted by Crippen LogP contribution is -2.36. The van der Waals surface area contributed by atoms with Crippen LogP contribution in [0.1, 0.15) is 10.4 Å². The van der Waals surface area contributed by atoms with E-state index in [1.165, 1.54) is 12.1 Å². The molecule has 3 amide bonds. The number of primary amides is 1. The second kappa shape index (κ2) is 5.53. The monoisotopic (exact) mass is 253 g/mol. The summed E-state index contributed by atoms with van der Waals surface area (Å²) >= 11 is 0. The van der Waals surface area contributed by atoms with Crippen LogP contribution in [0.25, 0.3) is 0 Å². The highest BCUT2D eigenvalue weighted by Gasteiger charge is 2.13. The molecule has 0 aromatic heterocycles. The number of urea groups is 1. The predicted octanol–water partition coefficient (Wildman–Crippen LogP) is -0.303. The summed E-state index contributed by atoms with van der Waals surface area (Å²) < 4.78 is 0. The highest BCUT2D eigenvalue weighted by molar-refractivity contribution is 6.00. The Kier molecular flexibility index (Phi) is 4.08. The van der Waals surface area contributed by atoms with E-state index in [9.17, 15) is 14.4 Å². The van der Waals surface area contributed by atoms with Crippen molar-refractivity contribution in [3.8, 4) is 5.75 Å². The quantitative estimate of drug-likeness (QED) is 0.468. The summed E-state index contributed by atoms with van der Waals surface area (Å²) in [7, 11) is 0. The van der Waals surface area contributed by atoms with Gasteiger partial charge in [-0.1, -0.05) is 0 Å². The number of benzene rings is 1. The van der Waals surface area contributed by atoms with Gasteiger partial charge in [0.15, 0.2) is 0 Å². The fourth-order valence-electron chi connectivity index (χ4n) is 1.15. The third kappa shape index (κ3) is 3.67. The number of phenolic OH excluding ortho intramolecular Hbond substituents is 1. The van der Waals surface area contributed by atoms with Crippen molar-refractivity contribution < 1.29 is 24.6 Å². The van der Waals surface area contributed by atoms with E-state index in [-0.39, 0.29) is 23.5 Å². The largest absolute Gasteiger partial charge is 0.508 e. The van der Waals surface area contributed by atoms with E-state index < -0.39 is 17.9 Å². The molecule has 0 aliphatic carbocycles. The Morgan fingerprint density at radius 1 is 1.28 bits per heavy atom. The Morgan fingerprint density at radius 3 is 2.50 bits per heavy atom. The van der Waals surface area contributed by atoms with Crippen molar-refractivity contribution in [2.75, 3.05) is 11.9 Å². The topological polar surface area (TPSA) is 142 Å². The second-order valence-electron chi connectivity index (χ2n) is 3.31. The van der Waals surface area contributed by atoms with E-state index in [0.717, 1.165) is 6.07 Å². The van der Waals surface area contributed by atoms with Crippen LogP contribution in [0, 0.1) is 0 Å². The molecule has 0 saturated heterocycles. The zero-order valence-corrected chi connectivity index (χ0v) is 9.14. The molecule has 8 nitrogen and oxygen atoms in total. The van der Waals surface area contributed by atoms with Gasteiger partial charge in [0, 0.05) is 0 Å². The van der Waals surface area contributed by atoms with Gasteiger partial charge < -0.3 is 26.6 Å². The fraction of sp³-hybridized carbons (Fsp3) is 0.100. The summed E-state index contributed by atoms with van der Waals surface area (Å²) in [5.41, 5.74) is 4.54. The van der Waals surface area contributed by atoms with Gasteiger partial charge in [0.1, 0.15) is 5.75 Å². The molecule has 0 atom stereocenters. The lowest BCUT2D eigenvalue weighted by molar-refractivity contribution is -0.117. The van der Waals surface area contributed by atoms with Crippen LogP contribution >= 0.6 is 0 Å². The minimum Gasteiger partial charge on any atom is -0.508 e. The zero-order chi connectivity index (χ0) is 13.7. The lowest BCUT2D eigenvalue weighted by atomic mass is 10.1. The van der Waals surface area contributed by atoms with E-state index in [1.807, 2.05) is 0 Å². The summed E-state index contributed by atoms with van der Waals surface area (Å²) in [4.78, 5) is 32.6. The molecule has 0 spiro atoms. The molecule has 1 aromatic rings. The van der Waals surface area contributed by atoms with Crippen molar-refractivity contribution in [1.82, 2.24) is 5.32 Å². The van der Waals surface area contributed by atoms with Crippen molar-refractivity contribution in [1.29, 1.82) is 0 Å². The first-order valence-electron chi connectivity index (χ1n) is 4.79. The molecule has 0 aliphatic heterocycles. The summed E-state index contributed by atoms with van der Waals surface area (Å²) in [5, 5.41) is 22.4. The van der Waals surface area contributed by atoms with Crippen LogP contribution in [0.3, 0.4) is 0 Å². The number of rotatable bonds is 4. The molecule has 96 valence electrons. The maximum atomic E-state index is 11.3. The molecule has 0 unspecified atom stereocenters. The number of carboxylic acids is 1. The van der Waals surface area contributed by atoms with E-state index in [0.29, 0.717) is 0 Å². The Labute approximate surface area is 101 Å². The van der Waals surface area contributed by atoms with Crippen LogP contribution in [-0.4, -0.2) is 34.7 Å². The lowest BCUT2D eigenvalue weighted by Gasteiger charge is -2.09. The van der Waals surface area contributed by atoms with E-state index in [4.69, 9.17) is 15.9 Å². The third-order valence-electron chi connectivity index (χ3n) is 1.90. The average molecular weight is 253 g/mol. The molecule has 0 heterocycles. The van der Waals surface area contributed by atoms with E-state index in [1.54, 1.807) is 0 Å². The summed E-state index contributed by atoms with van der Waals surface area (Å²) in [6.45, 7) is -0.369. The summed E-state index contributed by atoms with van der Waals surface area (Å²) in [6, 6.07) is 2.66. The van der Waals surface area contributed by atoms with Crippen molar-refractivity contribution in [2.45, 2.75) is 0 Å². The first kappa shape index (κ1) is 13.3. The summed E-state index contributed by atoms with van der Waals surface area (Å²) in [6.07, 6.45) is 0. The van der Waals surface area contributed by atoms with Crippen LogP contribution < -0.4 is 16.4 Å². The van der Waals surface area contributed by atoms with Gasteiger partial charge in [-0.2, -0.15) is 0 Å². The Morgan fingerprint density at radius 2 is 1.94 bits per heavy atom. The SMILES string of the molecule is NC(=O)CNC(=O)Nc1ccc(O)cc1C(=O)O. The number of carbonyl (C=O) groups is 3. The number of hydrogen-bond acceptors (Lipinski definition) is 4. The van der Waals surface area contributed by atoms with Crippen LogP contribution in [0.5, 0.6) is 5.75 Å². The fourth-order valence-corrected chi connectivity index (χ4v) is 1.15. The molecule has 8 heteroatoms. The number of amides is 3. The molecule has 0 bridgehead atoms. The number of carboxylic acid groups (broad SMARTS) is 1. The van der Waals surface area contributed by atoms with Crippen LogP contribution in [-0.2, 0) is 4.79 Å². The molecule has 0 radical (unpaired) electrons. The van der Waals surface area contributed by atoms with Gasteiger partial charge in [0.25, 0.3) is 0 Å². The number of anilines is 1. The van der Waals surface area contributed by atoms with Crippen LogP contribution in [0.15, 0.2) is 18.2 Å².